The van der Waals surface area contributed by atoms with Crippen molar-refractivity contribution in [3.05, 3.63) is 58.9 Å². The molecule has 0 bridgehead atoms. The van der Waals surface area contributed by atoms with Crippen LogP contribution >= 0.6 is 11.6 Å². The molecule has 1 aliphatic carbocycles. The van der Waals surface area contributed by atoms with E-state index in [1.54, 1.807) is 0 Å². The van der Waals surface area contributed by atoms with Crippen LogP contribution in [0.15, 0.2) is 36.4 Å². The van der Waals surface area contributed by atoms with Crippen LogP contribution in [0.2, 0.25) is 0 Å². The molecular formula is C18H17ClN2. The number of imidazole rings is 1. The van der Waals surface area contributed by atoms with Crippen LogP contribution < -0.4 is 0 Å². The van der Waals surface area contributed by atoms with Crippen molar-refractivity contribution in [1.29, 1.82) is 0 Å². The fourth-order valence-corrected chi connectivity index (χ4v) is 3.54. The van der Waals surface area contributed by atoms with Crippen LogP contribution in [0.1, 0.15) is 28.9 Å². The van der Waals surface area contributed by atoms with Crippen LogP contribution in [-0.2, 0) is 18.7 Å². The first-order valence-electron chi connectivity index (χ1n) is 7.43. The van der Waals surface area contributed by atoms with Gasteiger partial charge in [0.05, 0.1) is 16.9 Å². The van der Waals surface area contributed by atoms with Gasteiger partial charge in [-0.25, -0.2) is 4.98 Å². The number of benzene rings is 2. The molecule has 1 aromatic heterocycles. The number of alkyl halides is 1. The predicted octanol–water partition coefficient (Wildman–Crippen LogP) is 4.56. The fourth-order valence-electron chi connectivity index (χ4n) is 3.36. The fraction of sp³-hybridized carbons (Fsp3) is 0.278. The average molecular weight is 297 g/mol. The molecule has 0 unspecified atom stereocenters. The van der Waals surface area contributed by atoms with Crippen molar-refractivity contribution in [2.45, 2.75) is 32.1 Å². The Bertz CT molecular complexity index is 833. The van der Waals surface area contributed by atoms with Crippen LogP contribution in [0.5, 0.6) is 0 Å². The van der Waals surface area contributed by atoms with E-state index in [0.717, 1.165) is 16.9 Å². The van der Waals surface area contributed by atoms with E-state index in [9.17, 15) is 0 Å². The topological polar surface area (TPSA) is 17.8 Å². The van der Waals surface area contributed by atoms with Crippen LogP contribution in [-0.4, -0.2) is 9.55 Å². The number of aryl methyl sites for hydroxylation is 3. The highest BCUT2D eigenvalue weighted by Gasteiger charge is 2.16. The summed E-state index contributed by atoms with van der Waals surface area (Å²) in [6.07, 6.45) is 3.66. The summed E-state index contributed by atoms with van der Waals surface area (Å²) in [5.74, 6) is 1.34. The lowest BCUT2D eigenvalue weighted by Gasteiger charge is -2.10. The third kappa shape index (κ3) is 1.97. The van der Waals surface area contributed by atoms with Gasteiger partial charge in [0.25, 0.3) is 0 Å². The largest absolute Gasteiger partial charge is 0.295 e. The summed E-state index contributed by atoms with van der Waals surface area (Å²) in [4.78, 5) is 4.73. The van der Waals surface area contributed by atoms with Gasteiger partial charge in [-0.3, -0.25) is 4.57 Å². The van der Waals surface area contributed by atoms with E-state index < -0.39 is 0 Å². The van der Waals surface area contributed by atoms with E-state index in [-0.39, 0.29) is 0 Å². The minimum atomic E-state index is 0.422. The van der Waals surface area contributed by atoms with Gasteiger partial charge in [0.15, 0.2) is 0 Å². The summed E-state index contributed by atoms with van der Waals surface area (Å²) in [6, 6.07) is 13.1. The van der Waals surface area contributed by atoms with Crippen molar-refractivity contribution in [3.63, 3.8) is 0 Å². The van der Waals surface area contributed by atoms with Crippen LogP contribution in [0.4, 0.5) is 0 Å². The minimum absolute atomic E-state index is 0.422. The molecule has 106 valence electrons. The van der Waals surface area contributed by atoms with Gasteiger partial charge < -0.3 is 0 Å². The number of hydrogen-bond acceptors (Lipinski definition) is 1. The smallest absolute Gasteiger partial charge is 0.129 e. The highest BCUT2D eigenvalue weighted by atomic mass is 35.5. The lowest BCUT2D eigenvalue weighted by molar-refractivity contribution is 0.911. The van der Waals surface area contributed by atoms with Crippen molar-refractivity contribution in [1.82, 2.24) is 9.55 Å². The van der Waals surface area contributed by atoms with E-state index >= 15 is 0 Å². The Hall–Kier alpha value is -1.80. The van der Waals surface area contributed by atoms with E-state index in [2.05, 4.69) is 47.9 Å². The molecule has 0 amide bonds. The van der Waals surface area contributed by atoms with Gasteiger partial charge in [0, 0.05) is 5.69 Å². The Labute approximate surface area is 129 Å². The third-order valence-electron chi connectivity index (χ3n) is 4.42. The zero-order valence-corrected chi connectivity index (χ0v) is 12.8. The average Bonchev–Trinajstić information content (AvgIpc) is 3.10. The molecule has 4 rings (SSSR count). The van der Waals surface area contributed by atoms with Gasteiger partial charge in [-0.1, -0.05) is 18.2 Å². The normalized spacial score (nSPS) is 13.8. The van der Waals surface area contributed by atoms with E-state index in [4.69, 9.17) is 16.6 Å². The molecular weight excluding hydrogens is 280 g/mol. The van der Waals surface area contributed by atoms with Crippen molar-refractivity contribution >= 4 is 22.6 Å². The molecule has 2 aromatic carbocycles. The first kappa shape index (κ1) is 12.9. The lowest BCUT2D eigenvalue weighted by Crippen LogP contribution is -2.00. The number of para-hydroxylation sites is 1. The van der Waals surface area contributed by atoms with Gasteiger partial charge in [0.2, 0.25) is 0 Å². The second-order valence-electron chi connectivity index (χ2n) is 5.75. The summed E-state index contributed by atoms with van der Waals surface area (Å²) in [5.41, 5.74) is 7.53. The van der Waals surface area contributed by atoms with Gasteiger partial charge in [0.1, 0.15) is 5.82 Å². The first-order chi connectivity index (χ1) is 10.3. The predicted molar refractivity (Wildman–Crippen MR) is 87.4 cm³/mol. The number of halogens is 1. The zero-order chi connectivity index (χ0) is 14.4. The summed E-state index contributed by atoms with van der Waals surface area (Å²) in [7, 11) is 0. The van der Waals surface area contributed by atoms with Crippen molar-refractivity contribution in [3.8, 4) is 5.69 Å². The first-order valence-corrected chi connectivity index (χ1v) is 7.96. The maximum Gasteiger partial charge on any atom is 0.129 e. The summed E-state index contributed by atoms with van der Waals surface area (Å²) >= 11 is 6.14. The molecule has 1 aliphatic rings. The Morgan fingerprint density at radius 3 is 2.86 bits per heavy atom. The molecule has 0 spiro atoms. The summed E-state index contributed by atoms with van der Waals surface area (Å²) in [6.45, 7) is 2.10. The van der Waals surface area contributed by atoms with Crippen molar-refractivity contribution in [2.75, 3.05) is 0 Å². The highest BCUT2D eigenvalue weighted by Crippen LogP contribution is 2.29. The second kappa shape index (κ2) is 4.88. The number of fused-ring (bicyclic) bond motifs is 2. The minimum Gasteiger partial charge on any atom is -0.295 e. The SMILES string of the molecule is Cc1cccc2c1nc(CCl)n2-c1ccc2c(c1)CCC2. The molecule has 21 heavy (non-hydrogen) atoms. The maximum absolute atomic E-state index is 6.14. The van der Waals surface area contributed by atoms with Gasteiger partial charge in [-0.2, -0.15) is 0 Å². The van der Waals surface area contributed by atoms with Crippen LogP contribution in [0, 0.1) is 6.92 Å². The van der Waals surface area contributed by atoms with Gasteiger partial charge >= 0.3 is 0 Å². The number of hydrogen-bond donors (Lipinski definition) is 0. The lowest BCUT2D eigenvalue weighted by atomic mass is 10.1. The molecule has 0 atom stereocenters. The van der Waals surface area contributed by atoms with E-state index in [0.29, 0.717) is 5.88 Å². The Morgan fingerprint density at radius 1 is 1.14 bits per heavy atom. The standard InChI is InChI=1S/C18H17ClN2/c1-12-4-2-7-16-18(12)20-17(11-19)21(16)15-9-8-13-5-3-6-14(13)10-15/h2,4,7-10H,3,5-6,11H2,1H3. The number of aromatic nitrogens is 2. The molecule has 3 aromatic rings. The molecule has 0 radical (unpaired) electrons. The molecule has 3 heteroatoms. The number of rotatable bonds is 2. The van der Waals surface area contributed by atoms with E-state index in [1.165, 1.54) is 41.6 Å². The Kier molecular flexibility index (Phi) is 3.00. The summed E-state index contributed by atoms with van der Waals surface area (Å²) < 4.78 is 2.20. The molecule has 2 nitrogen and oxygen atoms in total. The molecule has 1 heterocycles. The van der Waals surface area contributed by atoms with Gasteiger partial charge in [-0.15, -0.1) is 11.6 Å². The maximum atomic E-state index is 6.14. The second-order valence-corrected chi connectivity index (χ2v) is 6.01. The quantitative estimate of drug-likeness (QED) is 0.634. The summed E-state index contributed by atoms with van der Waals surface area (Å²) in [5, 5.41) is 0. The monoisotopic (exact) mass is 296 g/mol. The zero-order valence-electron chi connectivity index (χ0n) is 12.1. The molecule has 0 saturated carbocycles. The molecule has 0 aliphatic heterocycles. The molecule has 0 fully saturated rings. The van der Waals surface area contributed by atoms with Crippen LogP contribution in [0.3, 0.4) is 0 Å². The van der Waals surface area contributed by atoms with Gasteiger partial charge in [-0.05, 0) is 61.1 Å². The van der Waals surface area contributed by atoms with Crippen LogP contribution in [0.25, 0.3) is 16.7 Å². The highest BCUT2D eigenvalue weighted by molar-refractivity contribution is 6.17. The molecule has 0 N–H and O–H groups in total. The molecule has 0 saturated heterocycles. The number of nitrogens with zero attached hydrogens (tertiary/aromatic N) is 2. The van der Waals surface area contributed by atoms with Crippen molar-refractivity contribution < 1.29 is 0 Å². The Balaban J connectivity index is 1.99. The Morgan fingerprint density at radius 2 is 2.00 bits per heavy atom. The van der Waals surface area contributed by atoms with Crippen molar-refractivity contribution in [2.24, 2.45) is 0 Å². The van der Waals surface area contributed by atoms with E-state index in [1.807, 2.05) is 0 Å². The third-order valence-corrected chi connectivity index (χ3v) is 4.66.